The lowest BCUT2D eigenvalue weighted by Crippen LogP contribution is -2.29. The molecular weight excluding hydrogens is 308 g/mol. The van der Waals surface area contributed by atoms with Gasteiger partial charge in [-0.25, -0.2) is 0 Å². The van der Waals surface area contributed by atoms with E-state index in [1.807, 2.05) is 6.92 Å². The fourth-order valence-electron chi connectivity index (χ4n) is 3.31. The zero-order valence-electron chi connectivity index (χ0n) is 14.6. The molecule has 0 aromatic carbocycles. The van der Waals surface area contributed by atoms with Gasteiger partial charge in [-0.05, 0) is 42.6 Å². The molecule has 0 spiro atoms. The van der Waals surface area contributed by atoms with Crippen LogP contribution in [0.2, 0.25) is 0 Å². The van der Waals surface area contributed by atoms with Gasteiger partial charge in [-0.1, -0.05) is 34.1 Å². The van der Waals surface area contributed by atoms with E-state index in [0.29, 0.717) is 28.3 Å². The number of nitrogens with two attached hydrogens (primary N) is 1. The number of nitrogens with one attached hydrogen (secondary N) is 1. The summed E-state index contributed by atoms with van der Waals surface area (Å²) in [7, 11) is 0. The van der Waals surface area contributed by atoms with E-state index in [1.165, 1.54) is 4.88 Å². The van der Waals surface area contributed by atoms with Crippen molar-refractivity contribution in [2.45, 2.75) is 66.2 Å². The molecule has 1 atom stereocenters. The minimum atomic E-state index is -0.428. The molecule has 2 rings (SSSR count). The summed E-state index contributed by atoms with van der Waals surface area (Å²) >= 11 is 1.54. The zero-order valence-corrected chi connectivity index (χ0v) is 15.4. The van der Waals surface area contributed by atoms with Gasteiger partial charge in [0.25, 0.3) is 5.91 Å². The van der Waals surface area contributed by atoms with Crippen molar-refractivity contribution in [2.24, 2.45) is 17.1 Å². The van der Waals surface area contributed by atoms with Crippen molar-refractivity contribution >= 4 is 28.2 Å². The Balaban J connectivity index is 2.31. The van der Waals surface area contributed by atoms with E-state index in [-0.39, 0.29) is 5.91 Å². The minimum Gasteiger partial charge on any atom is -0.365 e. The number of hydrogen-bond donors (Lipinski definition) is 2. The fourth-order valence-corrected chi connectivity index (χ4v) is 4.66. The number of carbonyl (C=O) groups excluding carboxylic acids is 2. The van der Waals surface area contributed by atoms with Gasteiger partial charge in [0.1, 0.15) is 5.00 Å². The van der Waals surface area contributed by atoms with E-state index in [2.05, 4.69) is 26.1 Å². The smallest absolute Gasteiger partial charge is 0.251 e. The van der Waals surface area contributed by atoms with E-state index < -0.39 is 5.91 Å². The Bertz CT molecular complexity index is 604. The van der Waals surface area contributed by atoms with Crippen molar-refractivity contribution in [2.75, 3.05) is 5.32 Å². The maximum absolute atomic E-state index is 11.9. The largest absolute Gasteiger partial charge is 0.365 e. The molecule has 1 heterocycles. The van der Waals surface area contributed by atoms with Crippen molar-refractivity contribution < 1.29 is 9.59 Å². The predicted molar refractivity (Wildman–Crippen MR) is 96.0 cm³/mol. The summed E-state index contributed by atoms with van der Waals surface area (Å²) in [6.45, 7) is 8.82. The third kappa shape index (κ3) is 3.77. The van der Waals surface area contributed by atoms with Crippen LogP contribution < -0.4 is 11.1 Å². The Morgan fingerprint density at radius 1 is 1.35 bits per heavy atom. The number of hydrogen-bond acceptors (Lipinski definition) is 3. The summed E-state index contributed by atoms with van der Waals surface area (Å²) in [6.07, 6.45) is 5.32. The molecule has 0 saturated carbocycles. The molecule has 2 amide bonds. The van der Waals surface area contributed by atoms with Gasteiger partial charge < -0.3 is 11.1 Å². The Kier molecular flexibility index (Phi) is 5.50. The summed E-state index contributed by atoms with van der Waals surface area (Å²) in [6, 6.07) is 0. The Morgan fingerprint density at radius 3 is 2.61 bits per heavy atom. The number of anilines is 1. The zero-order chi connectivity index (χ0) is 17.2. The highest BCUT2D eigenvalue weighted by atomic mass is 32.1. The Morgan fingerprint density at radius 2 is 2.04 bits per heavy atom. The molecule has 1 aliphatic carbocycles. The van der Waals surface area contributed by atoms with Gasteiger partial charge in [-0.15, -0.1) is 11.3 Å². The number of carbonyl (C=O) groups is 2. The Labute approximate surface area is 142 Å². The highest BCUT2D eigenvalue weighted by molar-refractivity contribution is 7.17. The third-order valence-electron chi connectivity index (χ3n) is 5.26. The summed E-state index contributed by atoms with van der Waals surface area (Å²) in [4.78, 5) is 25.0. The van der Waals surface area contributed by atoms with E-state index >= 15 is 0 Å². The number of rotatable bonds is 6. The molecule has 3 N–H and O–H groups in total. The molecule has 4 nitrogen and oxygen atoms in total. The molecule has 1 aromatic heterocycles. The first-order chi connectivity index (χ1) is 10.8. The van der Waals surface area contributed by atoms with Crippen molar-refractivity contribution in [3.05, 3.63) is 16.0 Å². The first-order valence-electron chi connectivity index (χ1n) is 8.54. The average molecular weight is 337 g/mol. The number of primary amides is 1. The maximum Gasteiger partial charge on any atom is 0.251 e. The van der Waals surface area contributed by atoms with Crippen LogP contribution in [0.25, 0.3) is 0 Å². The molecule has 1 aromatic rings. The molecule has 23 heavy (non-hydrogen) atoms. The predicted octanol–water partition coefficient (Wildman–Crippen LogP) is 4.13. The van der Waals surface area contributed by atoms with Gasteiger partial charge in [-0.3, -0.25) is 9.59 Å². The van der Waals surface area contributed by atoms with Crippen LogP contribution in [-0.2, 0) is 17.6 Å². The van der Waals surface area contributed by atoms with E-state index in [0.717, 1.165) is 37.7 Å². The van der Waals surface area contributed by atoms with Crippen LogP contribution in [0.4, 0.5) is 5.00 Å². The summed E-state index contributed by atoms with van der Waals surface area (Å²) in [5.41, 5.74) is 7.50. The van der Waals surface area contributed by atoms with Crippen LogP contribution in [-0.4, -0.2) is 11.8 Å². The maximum atomic E-state index is 11.9. The van der Waals surface area contributed by atoms with Gasteiger partial charge in [0.05, 0.1) is 5.56 Å². The molecule has 0 bridgehead atoms. The monoisotopic (exact) mass is 336 g/mol. The van der Waals surface area contributed by atoms with Crippen molar-refractivity contribution in [3.8, 4) is 0 Å². The lowest BCUT2D eigenvalue weighted by Gasteiger charge is -2.36. The normalized spacial score (nSPS) is 17.7. The molecule has 0 saturated heterocycles. The SMILES string of the molecule is CCCC(=O)Nc1sc2c(c1C(N)=O)CCC(C(C)(C)CC)C2. The topological polar surface area (TPSA) is 72.2 Å². The first kappa shape index (κ1) is 18.0. The Hall–Kier alpha value is -1.36. The standard InChI is InChI=1S/C18H28N2O2S/c1-5-7-14(21)20-17-15(16(19)22)12-9-8-11(10-13(12)23-17)18(3,4)6-2/h11H,5-10H2,1-4H3,(H2,19,22)(H,20,21). The van der Waals surface area contributed by atoms with Crippen LogP contribution in [0.5, 0.6) is 0 Å². The molecule has 1 aliphatic rings. The average Bonchev–Trinajstić information content (AvgIpc) is 2.84. The van der Waals surface area contributed by atoms with Crippen LogP contribution >= 0.6 is 11.3 Å². The number of amides is 2. The van der Waals surface area contributed by atoms with Crippen LogP contribution in [0, 0.1) is 11.3 Å². The second-order valence-electron chi connectivity index (χ2n) is 7.15. The molecule has 0 aliphatic heterocycles. The lowest BCUT2D eigenvalue weighted by atomic mass is 9.69. The van der Waals surface area contributed by atoms with E-state index in [1.54, 1.807) is 11.3 Å². The molecule has 5 heteroatoms. The molecule has 0 fully saturated rings. The highest BCUT2D eigenvalue weighted by Crippen LogP contribution is 2.45. The van der Waals surface area contributed by atoms with Crippen LogP contribution in [0.3, 0.4) is 0 Å². The van der Waals surface area contributed by atoms with E-state index in [4.69, 9.17) is 5.73 Å². The van der Waals surface area contributed by atoms with Gasteiger partial charge in [0.15, 0.2) is 0 Å². The summed E-state index contributed by atoms with van der Waals surface area (Å²) < 4.78 is 0. The van der Waals surface area contributed by atoms with Crippen LogP contribution in [0.1, 0.15) is 74.2 Å². The van der Waals surface area contributed by atoms with Crippen LogP contribution in [0.15, 0.2) is 0 Å². The summed E-state index contributed by atoms with van der Waals surface area (Å²) in [5, 5.41) is 3.55. The fraction of sp³-hybridized carbons (Fsp3) is 0.667. The first-order valence-corrected chi connectivity index (χ1v) is 9.36. The van der Waals surface area contributed by atoms with Gasteiger partial charge in [-0.2, -0.15) is 0 Å². The quantitative estimate of drug-likeness (QED) is 0.820. The van der Waals surface area contributed by atoms with Crippen molar-refractivity contribution in [1.82, 2.24) is 0 Å². The highest BCUT2D eigenvalue weighted by Gasteiger charge is 2.34. The molecule has 1 unspecified atom stereocenters. The second kappa shape index (κ2) is 7.04. The second-order valence-corrected chi connectivity index (χ2v) is 8.26. The van der Waals surface area contributed by atoms with Gasteiger partial charge >= 0.3 is 0 Å². The van der Waals surface area contributed by atoms with Crippen molar-refractivity contribution in [3.63, 3.8) is 0 Å². The molecule has 128 valence electrons. The summed E-state index contributed by atoms with van der Waals surface area (Å²) in [5.74, 6) is 0.139. The van der Waals surface area contributed by atoms with Crippen molar-refractivity contribution in [1.29, 1.82) is 0 Å². The molecular formula is C18H28N2O2S. The van der Waals surface area contributed by atoms with Gasteiger partial charge in [0, 0.05) is 11.3 Å². The minimum absolute atomic E-state index is 0.0426. The van der Waals surface area contributed by atoms with E-state index in [9.17, 15) is 9.59 Å². The lowest BCUT2D eigenvalue weighted by molar-refractivity contribution is -0.116. The molecule has 0 radical (unpaired) electrons. The van der Waals surface area contributed by atoms with Gasteiger partial charge in [0.2, 0.25) is 5.91 Å². The number of fused-ring (bicyclic) bond motifs is 1. The number of thiophene rings is 1. The third-order valence-corrected chi connectivity index (χ3v) is 6.43.